The fourth-order valence-electron chi connectivity index (χ4n) is 3.84. The summed E-state index contributed by atoms with van der Waals surface area (Å²) in [4.78, 5) is 16.2. The molecule has 1 aromatic rings. The fraction of sp³-hybridized carbons (Fsp3) is 0.714. The molecule has 6 nitrogen and oxygen atoms in total. The molecule has 3 N–H and O–H groups in total. The second-order valence-electron chi connectivity index (χ2n) is 7.65. The summed E-state index contributed by atoms with van der Waals surface area (Å²) in [6.45, 7) is 4.40. The number of pyridine rings is 1. The van der Waals surface area contributed by atoms with Gasteiger partial charge < -0.3 is 20.7 Å². The number of nitrogens with one attached hydrogen (secondary N) is 3. The minimum Gasteiger partial charge on any atom is -0.378 e. The van der Waals surface area contributed by atoms with Crippen molar-refractivity contribution in [2.45, 2.75) is 76.7 Å². The third kappa shape index (κ3) is 6.84. The average molecular weight is 431 g/mol. The molecule has 1 fully saturated rings. The summed E-state index contributed by atoms with van der Waals surface area (Å²) in [7, 11) is 1.61. The summed E-state index contributed by atoms with van der Waals surface area (Å²) in [5, 5.41) is 9.24. The van der Waals surface area contributed by atoms with Crippen LogP contribution >= 0.6 is 0 Å². The van der Waals surface area contributed by atoms with Gasteiger partial charge in [0.25, 0.3) is 5.91 Å². The van der Waals surface area contributed by atoms with Gasteiger partial charge in [0.05, 0.1) is 17.2 Å². The van der Waals surface area contributed by atoms with Crippen molar-refractivity contribution in [3.63, 3.8) is 0 Å². The molecule has 1 heterocycles. The van der Waals surface area contributed by atoms with Crippen LogP contribution in [-0.4, -0.2) is 49.3 Å². The Kier molecular flexibility index (Phi) is 9.36. The van der Waals surface area contributed by atoms with E-state index in [1.807, 2.05) is 0 Å². The lowest BCUT2D eigenvalue weighted by Crippen LogP contribution is -2.49. The zero-order chi connectivity index (χ0) is 22.1. The van der Waals surface area contributed by atoms with E-state index >= 15 is 0 Å². The van der Waals surface area contributed by atoms with Crippen LogP contribution < -0.4 is 16.0 Å². The number of hydrogen-bond donors (Lipinski definition) is 3. The Morgan fingerprint density at radius 3 is 2.53 bits per heavy atom. The Morgan fingerprint density at radius 2 is 1.97 bits per heavy atom. The van der Waals surface area contributed by atoms with E-state index in [0.29, 0.717) is 19.1 Å². The van der Waals surface area contributed by atoms with Crippen molar-refractivity contribution in [1.29, 1.82) is 0 Å². The molecule has 0 bridgehead atoms. The molecule has 1 aliphatic rings. The van der Waals surface area contributed by atoms with Gasteiger partial charge >= 0.3 is 6.18 Å². The molecule has 170 valence electrons. The second-order valence-corrected chi connectivity index (χ2v) is 7.65. The van der Waals surface area contributed by atoms with Crippen molar-refractivity contribution in [2.75, 3.05) is 25.5 Å². The number of rotatable bonds is 10. The lowest BCUT2D eigenvalue weighted by molar-refractivity contribution is -0.137. The molecule has 1 aliphatic carbocycles. The van der Waals surface area contributed by atoms with Gasteiger partial charge in [-0.05, 0) is 32.3 Å². The van der Waals surface area contributed by atoms with Gasteiger partial charge in [-0.3, -0.25) is 4.79 Å². The van der Waals surface area contributed by atoms with Crippen LogP contribution in [0.4, 0.5) is 19.0 Å². The van der Waals surface area contributed by atoms with Gasteiger partial charge in [0, 0.05) is 38.5 Å². The predicted molar refractivity (Wildman–Crippen MR) is 111 cm³/mol. The molecule has 2 rings (SSSR count). The Labute approximate surface area is 176 Å². The molecule has 9 heteroatoms. The van der Waals surface area contributed by atoms with Gasteiger partial charge in [0.15, 0.2) is 0 Å². The number of amides is 1. The molecule has 1 aromatic heterocycles. The van der Waals surface area contributed by atoms with Crippen molar-refractivity contribution >= 4 is 11.7 Å². The monoisotopic (exact) mass is 430 g/mol. The Hall–Kier alpha value is -1.87. The van der Waals surface area contributed by atoms with Crippen molar-refractivity contribution in [3.8, 4) is 0 Å². The molecular formula is C21H33F3N4O2. The number of alkyl halides is 3. The highest BCUT2D eigenvalue weighted by molar-refractivity contribution is 5.98. The fourth-order valence-corrected chi connectivity index (χ4v) is 3.84. The zero-order valence-electron chi connectivity index (χ0n) is 17.9. The summed E-state index contributed by atoms with van der Waals surface area (Å²) in [6, 6.07) is 1.38. The number of carbonyl (C=O) groups is 1. The highest BCUT2D eigenvalue weighted by Crippen LogP contribution is 2.30. The first-order valence-electron chi connectivity index (χ1n) is 10.7. The Bertz CT molecular complexity index is 679. The first-order chi connectivity index (χ1) is 14.3. The second kappa shape index (κ2) is 11.5. The number of methoxy groups -OCH3 is 1. The van der Waals surface area contributed by atoms with Crippen molar-refractivity contribution in [2.24, 2.45) is 0 Å². The number of halogens is 3. The van der Waals surface area contributed by atoms with Gasteiger partial charge in [0.1, 0.15) is 5.82 Å². The highest BCUT2D eigenvalue weighted by Gasteiger charge is 2.33. The van der Waals surface area contributed by atoms with Gasteiger partial charge in [-0.15, -0.1) is 0 Å². The SMILES string of the molecule is CCNC(=O)c1cc(C(F)(F)F)cnc1NCC(OC)C(CC)NC1CCCCC1. The summed E-state index contributed by atoms with van der Waals surface area (Å²) < 4.78 is 44.9. The van der Waals surface area contributed by atoms with E-state index < -0.39 is 17.6 Å². The number of anilines is 1. The molecule has 0 radical (unpaired) electrons. The Morgan fingerprint density at radius 1 is 1.27 bits per heavy atom. The third-order valence-electron chi connectivity index (χ3n) is 5.51. The lowest BCUT2D eigenvalue weighted by atomic mass is 9.94. The molecule has 0 aliphatic heterocycles. The van der Waals surface area contributed by atoms with E-state index in [1.165, 1.54) is 19.3 Å². The van der Waals surface area contributed by atoms with Crippen molar-refractivity contribution in [3.05, 3.63) is 23.4 Å². The molecule has 0 aromatic carbocycles. The molecule has 2 atom stereocenters. The van der Waals surface area contributed by atoms with Crippen molar-refractivity contribution in [1.82, 2.24) is 15.6 Å². The minimum absolute atomic E-state index is 0.0907. The predicted octanol–water partition coefficient (Wildman–Crippen LogP) is 3.98. The van der Waals surface area contributed by atoms with Gasteiger partial charge in [0.2, 0.25) is 0 Å². The number of carbonyl (C=O) groups excluding carboxylic acids is 1. The van der Waals surface area contributed by atoms with Crippen LogP contribution in [0.5, 0.6) is 0 Å². The largest absolute Gasteiger partial charge is 0.417 e. The summed E-state index contributed by atoms with van der Waals surface area (Å²) in [5.74, 6) is -0.483. The van der Waals surface area contributed by atoms with Crippen LogP contribution in [0.3, 0.4) is 0 Å². The van der Waals surface area contributed by atoms with E-state index in [4.69, 9.17) is 4.74 Å². The maximum absolute atomic E-state index is 13.1. The maximum atomic E-state index is 13.1. The van der Waals surface area contributed by atoms with Gasteiger partial charge in [-0.25, -0.2) is 4.98 Å². The topological polar surface area (TPSA) is 75.3 Å². The molecule has 2 unspecified atom stereocenters. The van der Waals surface area contributed by atoms with Crippen LogP contribution in [-0.2, 0) is 10.9 Å². The van der Waals surface area contributed by atoms with Crippen LogP contribution in [0.15, 0.2) is 12.3 Å². The van der Waals surface area contributed by atoms with Crippen LogP contribution in [0.25, 0.3) is 0 Å². The highest BCUT2D eigenvalue weighted by atomic mass is 19.4. The molecule has 0 spiro atoms. The van der Waals surface area contributed by atoms with E-state index in [1.54, 1.807) is 14.0 Å². The first-order valence-corrected chi connectivity index (χ1v) is 10.7. The lowest BCUT2D eigenvalue weighted by Gasteiger charge is -2.32. The van der Waals surface area contributed by atoms with Gasteiger partial charge in [-0.2, -0.15) is 13.2 Å². The number of ether oxygens (including phenoxy) is 1. The van der Waals surface area contributed by atoms with E-state index in [9.17, 15) is 18.0 Å². The quantitative estimate of drug-likeness (QED) is 0.524. The summed E-state index contributed by atoms with van der Waals surface area (Å²) in [6.07, 6.45) is 2.79. The van der Waals surface area contributed by atoms with Crippen molar-refractivity contribution < 1.29 is 22.7 Å². The summed E-state index contributed by atoms with van der Waals surface area (Å²) in [5.41, 5.74) is -1.09. The standard InChI is InChI=1S/C21H33F3N4O2/c1-4-17(28-15-9-7-6-8-10-15)18(30-3)13-27-19-16(20(29)25-5-2)11-14(12-26-19)21(22,23)24/h11-12,15,17-18,28H,4-10,13H2,1-3H3,(H,25,29)(H,26,27). The van der Waals surface area contributed by atoms with Crippen LogP contribution in [0.1, 0.15) is 68.3 Å². The molecular weight excluding hydrogens is 397 g/mol. The average Bonchev–Trinajstić information content (AvgIpc) is 2.73. The Balaban J connectivity index is 2.13. The maximum Gasteiger partial charge on any atom is 0.417 e. The number of nitrogens with zero attached hydrogens (tertiary/aromatic N) is 1. The normalized spacial score (nSPS) is 17.4. The molecule has 30 heavy (non-hydrogen) atoms. The minimum atomic E-state index is -4.57. The van der Waals surface area contributed by atoms with E-state index in [2.05, 4.69) is 27.9 Å². The third-order valence-corrected chi connectivity index (χ3v) is 5.51. The molecule has 1 saturated carbocycles. The van der Waals surface area contributed by atoms with Crippen LogP contribution in [0, 0.1) is 0 Å². The van der Waals surface area contributed by atoms with E-state index in [0.717, 1.165) is 31.5 Å². The smallest absolute Gasteiger partial charge is 0.378 e. The van der Waals surface area contributed by atoms with Crippen LogP contribution in [0.2, 0.25) is 0 Å². The first kappa shape index (κ1) is 24.4. The van der Waals surface area contributed by atoms with Gasteiger partial charge in [-0.1, -0.05) is 26.2 Å². The number of hydrogen-bond acceptors (Lipinski definition) is 5. The van der Waals surface area contributed by atoms with E-state index in [-0.39, 0.29) is 23.5 Å². The zero-order valence-corrected chi connectivity index (χ0v) is 17.9. The summed E-state index contributed by atoms with van der Waals surface area (Å²) >= 11 is 0. The number of aromatic nitrogens is 1. The molecule has 0 saturated heterocycles. The molecule has 1 amide bonds.